The summed E-state index contributed by atoms with van der Waals surface area (Å²) in [6.45, 7) is 5.01. The van der Waals surface area contributed by atoms with Crippen LogP contribution in [0.4, 0.5) is 5.69 Å². The Morgan fingerprint density at radius 1 is 0.960 bits per heavy atom. The van der Waals surface area contributed by atoms with Crippen molar-refractivity contribution < 1.29 is 13.2 Å². The maximum atomic E-state index is 12.5. The van der Waals surface area contributed by atoms with Crippen molar-refractivity contribution in [2.24, 2.45) is 0 Å². The zero-order chi connectivity index (χ0) is 18.4. The molecule has 0 aliphatic rings. The van der Waals surface area contributed by atoms with Crippen LogP contribution < -0.4 is 15.4 Å². The highest BCUT2D eigenvalue weighted by molar-refractivity contribution is 7.92. The molecule has 0 spiro atoms. The summed E-state index contributed by atoms with van der Waals surface area (Å²) in [5.41, 5.74) is 2.83. The van der Waals surface area contributed by atoms with Crippen molar-refractivity contribution in [3.63, 3.8) is 0 Å². The number of hydrogen-bond donors (Lipinski definition) is 3. The number of carbonyl (C=O) groups excluding carboxylic acids is 1. The number of hydrogen-bond acceptors (Lipinski definition) is 4. The molecule has 0 atom stereocenters. The maximum Gasteiger partial charge on any atom is 0.261 e. The monoisotopic (exact) mass is 361 g/mol. The Balaban J connectivity index is 2.09. The number of likely N-dealkylation sites (N-methyl/N-ethyl adjacent to an activating group) is 1. The first-order valence-corrected chi connectivity index (χ1v) is 9.45. The molecule has 0 unspecified atom stereocenters. The zero-order valence-corrected chi connectivity index (χ0v) is 15.4. The second-order valence-electron chi connectivity index (χ2n) is 5.79. The van der Waals surface area contributed by atoms with E-state index in [1.165, 1.54) is 0 Å². The van der Waals surface area contributed by atoms with Gasteiger partial charge in [-0.15, -0.1) is 0 Å². The topological polar surface area (TPSA) is 87.3 Å². The molecule has 25 heavy (non-hydrogen) atoms. The van der Waals surface area contributed by atoms with E-state index in [0.717, 1.165) is 11.1 Å². The van der Waals surface area contributed by atoms with E-state index in [4.69, 9.17) is 0 Å². The van der Waals surface area contributed by atoms with Crippen LogP contribution in [0.15, 0.2) is 47.4 Å². The third-order valence-corrected chi connectivity index (χ3v) is 5.23. The van der Waals surface area contributed by atoms with Crippen molar-refractivity contribution in [3.05, 3.63) is 59.2 Å². The van der Waals surface area contributed by atoms with Crippen LogP contribution in [0, 0.1) is 13.8 Å². The molecule has 134 valence electrons. The number of amides is 1. The molecule has 0 fully saturated rings. The van der Waals surface area contributed by atoms with Crippen LogP contribution in [0.5, 0.6) is 0 Å². The van der Waals surface area contributed by atoms with Crippen molar-refractivity contribution in [2.75, 3.05) is 24.9 Å². The first kappa shape index (κ1) is 19.0. The number of anilines is 1. The zero-order valence-electron chi connectivity index (χ0n) is 14.6. The van der Waals surface area contributed by atoms with E-state index in [1.54, 1.807) is 42.5 Å². The lowest BCUT2D eigenvalue weighted by Crippen LogP contribution is -2.30. The Morgan fingerprint density at radius 3 is 2.24 bits per heavy atom. The molecule has 0 saturated carbocycles. The Labute approximate surface area is 148 Å². The minimum Gasteiger partial charge on any atom is -0.351 e. The van der Waals surface area contributed by atoms with Gasteiger partial charge in [0, 0.05) is 24.3 Å². The van der Waals surface area contributed by atoms with Gasteiger partial charge in [0.05, 0.1) is 4.90 Å². The Hall–Kier alpha value is -2.38. The molecule has 2 rings (SSSR count). The van der Waals surface area contributed by atoms with Gasteiger partial charge in [0.15, 0.2) is 0 Å². The van der Waals surface area contributed by atoms with E-state index in [2.05, 4.69) is 15.4 Å². The Kier molecular flexibility index (Phi) is 6.17. The Morgan fingerprint density at radius 2 is 1.64 bits per heavy atom. The summed E-state index contributed by atoms with van der Waals surface area (Å²) in [5.74, 6) is -0.196. The highest BCUT2D eigenvalue weighted by Gasteiger charge is 2.15. The summed E-state index contributed by atoms with van der Waals surface area (Å²) < 4.78 is 27.5. The SMILES string of the molecule is CNCCNC(=O)c1ccc(NS(=O)(=O)c2ccc(C)c(C)c2)cc1. The molecule has 0 radical (unpaired) electrons. The van der Waals surface area contributed by atoms with E-state index in [-0.39, 0.29) is 10.8 Å². The van der Waals surface area contributed by atoms with Crippen LogP contribution in [0.1, 0.15) is 21.5 Å². The second-order valence-corrected chi connectivity index (χ2v) is 7.47. The number of nitrogens with one attached hydrogen (secondary N) is 3. The molecule has 6 nitrogen and oxygen atoms in total. The smallest absolute Gasteiger partial charge is 0.261 e. The Bertz CT molecular complexity index is 846. The highest BCUT2D eigenvalue weighted by Crippen LogP contribution is 2.19. The fourth-order valence-electron chi connectivity index (χ4n) is 2.19. The predicted octanol–water partition coefficient (Wildman–Crippen LogP) is 2.05. The van der Waals surface area contributed by atoms with Gasteiger partial charge in [-0.3, -0.25) is 9.52 Å². The number of aryl methyl sites for hydroxylation is 2. The lowest BCUT2D eigenvalue weighted by atomic mass is 10.1. The van der Waals surface area contributed by atoms with Crippen LogP contribution >= 0.6 is 0 Å². The van der Waals surface area contributed by atoms with Crippen molar-refractivity contribution in [2.45, 2.75) is 18.7 Å². The summed E-state index contributed by atoms with van der Waals surface area (Å²) in [6.07, 6.45) is 0. The molecule has 0 saturated heterocycles. The van der Waals surface area contributed by atoms with Gasteiger partial charge < -0.3 is 10.6 Å². The standard InChI is InChI=1S/C18H23N3O3S/c1-13-4-9-17(12-14(13)2)25(23,24)21-16-7-5-15(6-8-16)18(22)20-11-10-19-3/h4-9,12,19,21H,10-11H2,1-3H3,(H,20,22). The third kappa shape index (κ3) is 5.04. The molecule has 2 aromatic carbocycles. The highest BCUT2D eigenvalue weighted by atomic mass is 32.2. The van der Waals surface area contributed by atoms with Crippen LogP contribution in [0.3, 0.4) is 0 Å². The molecule has 2 aromatic rings. The summed E-state index contributed by atoms with van der Waals surface area (Å²) in [7, 11) is -1.85. The molecular formula is C18H23N3O3S. The van der Waals surface area contributed by atoms with E-state index < -0.39 is 10.0 Å². The lowest BCUT2D eigenvalue weighted by Gasteiger charge is -2.10. The number of carbonyl (C=O) groups is 1. The van der Waals surface area contributed by atoms with Gasteiger partial charge >= 0.3 is 0 Å². The van der Waals surface area contributed by atoms with E-state index >= 15 is 0 Å². The minimum atomic E-state index is -3.66. The van der Waals surface area contributed by atoms with E-state index in [1.807, 2.05) is 20.9 Å². The van der Waals surface area contributed by atoms with Crippen molar-refractivity contribution >= 4 is 21.6 Å². The van der Waals surface area contributed by atoms with Crippen LogP contribution in [0.25, 0.3) is 0 Å². The van der Waals surface area contributed by atoms with Crippen molar-refractivity contribution in [1.82, 2.24) is 10.6 Å². The van der Waals surface area contributed by atoms with Gasteiger partial charge in [0.25, 0.3) is 15.9 Å². The van der Waals surface area contributed by atoms with Crippen molar-refractivity contribution in [1.29, 1.82) is 0 Å². The van der Waals surface area contributed by atoms with E-state index in [0.29, 0.717) is 24.3 Å². The normalized spacial score (nSPS) is 11.2. The van der Waals surface area contributed by atoms with Crippen LogP contribution in [-0.4, -0.2) is 34.5 Å². The maximum absolute atomic E-state index is 12.5. The fraction of sp³-hybridized carbons (Fsp3) is 0.278. The van der Waals surface area contributed by atoms with Crippen LogP contribution in [0.2, 0.25) is 0 Å². The van der Waals surface area contributed by atoms with Crippen LogP contribution in [-0.2, 0) is 10.0 Å². The molecule has 0 heterocycles. The van der Waals surface area contributed by atoms with E-state index in [9.17, 15) is 13.2 Å². The van der Waals surface area contributed by atoms with Gasteiger partial charge in [-0.05, 0) is 68.4 Å². The summed E-state index contributed by atoms with van der Waals surface area (Å²) in [4.78, 5) is 12.1. The molecule has 3 N–H and O–H groups in total. The number of sulfonamides is 1. The average molecular weight is 361 g/mol. The average Bonchev–Trinajstić information content (AvgIpc) is 2.57. The third-order valence-electron chi connectivity index (χ3n) is 3.85. The van der Waals surface area contributed by atoms with Gasteiger partial charge in [-0.2, -0.15) is 0 Å². The molecule has 1 amide bonds. The second kappa shape index (κ2) is 8.13. The minimum absolute atomic E-state index is 0.196. The number of rotatable bonds is 7. The summed E-state index contributed by atoms with van der Waals surface area (Å²) >= 11 is 0. The molecule has 7 heteroatoms. The van der Waals surface area contributed by atoms with Gasteiger partial charge in [-0.1, -0.05) is 6.07 Å². The molecule has 0 bridgehead atoms. The quantitative estimate of drug-likeness (QED) is 0.659. The molecular weight excluding hydrogens is 338 g/mol. The summed E-state index contributed by atoms with van der Waals surface area (Å²) in [5, 5.41) is 5.71. The predicted molar refractivity (Wildman–Crippen MR) is 99.4 cm³/mol. The number of benzene rings is 2. The fourth-order valence-corrected chi connectivity index (χ4v) is 3.33. The first-order chi connectivity index (χ1) is 11.8. The van der Waals surface area contributed by atoms with Gasteiger partial charge in [0.2, 0.25) is 0 Å². The first-order valence-electron chi connectivity index (χ1n) is 7.96. The lowest BCUT2D eigenvalue weighted by molar-refractivity contribution is 0.0954. The van der Waals surface area contributed by atoms with Gasteiger partial charge in [-0.25, -0.2) is 8.42 Å². The molecule has 0 aliphatic carbocycles. The molecule has 0 aromatic heterocycles. The van der Waals surface area contributed by atoms with Crippen molar-refractivity contribution in [3.8, 4) is 0 Å². The van der Waals surface area contributed by atoms with Gasteiger partial charge in [0.1, 0.15) is 0 Å². The largest absolute Gasteiger partial charge is 0.351 e. The molecule has 0 aliphatic heterocycles. The summed E-state index contributed by atoms with van der Waals surface area (Å²) in [6, 6.07) is 11.3.